The summed E-state index contributed by atoms with van der Waals surface area (Å²) in [5.41, 5.74) is 0.868. The van der Waals surface area contributed by atoms with Crippen molar-refractivity contribution in [1.82, 2.24) is 15.1 Å². The summed E-state index contributed by atoms with van der Waals surface area (Å²) in [5.74, 6) is 0.248. The van der Waals surface area contributed by atoms with Crippen molar-refractivity contribution >= 4 is 34.5 Å². The van der Waals surface area contributed by atoms with Gasteiger partial charge in [-0.15, -0.1) is 0 Å². The van der Waals surface area contributed by atoms with Crippen molar-refractivity contribution in [2.75, 3.05) is 31.6 Å². The first-order valence-electron chi connectivity index (χ1n) is 9.66. The van der Waals surface area contributed by atoms with Crippen molar-refractivity contribution in [3.05, 3.63) is 24.3 Å². The maximum absolute atomic E-state index is 12.9. The van der Waals surface area contributed by atoms with Crippen LogP contribution < -0.4 is 4.90 Å². The number of hydrogen-bond donors (Lipinski definition) is 1. The van der Waals surface area contributed by atoms with Crippen molar-refractivity contribution in [3.8, 4) is 0 Å². The number of carbonyl (C=O) groups is 3. The van der Waals surface area contributed by atoms with Crippen LogP contribution >= 0.6 is 0 Å². The predicted octanol–water partition coefficient (Wildman–Crippen LogP) is 1.72. The first kappa shape index (κ1) is 18.5. The smallest absolute Gasteiger partial charge is 0.305 e. The van der Waals surface area contributed by atoms with Crippen molar-refractivity contribution in [1.29, 1.82) is 0 Å². The summed E-state index contributed by atoms with van der Waals surface area (Å²) in [5, 5.41) is 8.11. The number of likely N-dealkylation sites (tertiary alicyclic amines) is 1. The number of nitrogens with one attached hydrogen (secondary N) is 1. The second-order valence-corrected chi connectivity index (χ2v) is 7.55. The molecule has 2 amide bonds. The molecule has 0 spiro atoms. The molecular weight excluding hydrogens is 360 g/mol. The summed E-state index contributed by atoms with van der Waals surface area (Å²) in [4.78, 5) is 40.4. The van der Waals surface area contributed by atoms with Gasteiger partial charge in [0.25, 0.3) is 0 Å². The molecule has 2 aliphatic heterocycles. The standard InChI is InChI=1S/C20H24N4O4/c1-28-18(26)10-13-6-8-23(9-7-13)20(27)14-11-17(25)24(12-14)19-15-4-2-3-5-16(15)21-22-19/h2-5,13-14H,6-12H2,1H3,(H,21,22)/t14-/m0/s1. The highest BCUT2D eigenvalue weighted by Gasteiger charge is 2.39. The molecule has 148 valence electrons. The van der Waals surface area contributed by atoms with Crippen molar-refractivity contribution in [2.45, 2.75) is 25.7 Å². The number of esters is 1. The Morgan fingerprint density at radius 1 is 1.25 bits per heavy atom. The molecule has 1 atom stereocenters. The Hall–Kier alpha value is -2.90. The number of benzene rings is 1. The molecule has 0 saturated carbocycles. The molecule has 0 unspecified atom stereocenters. The van der Waals surface area contributed by atoms with Gasteiger partial charge in [0.15, 0.2) is 5.82 Å². The number of H-pyrrole nitrogens is 1. The lowest BCUT2D eigenvalue weighted by Gasteiger charge is -2.33. The van der Waals surface area contributed by atoms with E-state index in [1.165, 1.54) is 7.11 Å². The first-order chi connectivity index (χ1) is 13.6. The van der Waals surface area contributed by atoms with E-state index in [-0.39, 0.29) is 36.0 Å². The van der Waals surface area contributed by atoms with Crippen LogP contribution in [0, 0.1) is 11.8 Å². The zero-order valence-corrected chi connectivity index (χ0v) is 15.9. The number of methoxy groups -OCH3 is 1. The molecule has 28 heavy (non-hydrogen) atoms. The average Bonchev–Trinajstić information content (AvgIpc) is 3.31. The number of anilines is 1. The van der Waals surface area contributed by atoms with Crippen LogP contribution in [0.4, 0.5) is 5.82 Å². The minimum absolute atomic E-state index is 0.0206. The van der Waals surface area contributed by atoms with Gasteiger partial charge in [0.2, 0.25) is 11.8 Å². The third-order valence-electron chi connectivity index (χ3n) is 5.79. The molecule has 2 aromatic rings. The number of aromatic nitrogens is 2. The number of hydrogen-bond acceptors (Lipinski definition) is 5. The zero-order chi connectivity index (χ0) is 19.7. The Morgan fingerprint density at radius 3 is 2.75 bits per heavy atom. The van der Waals surface area contributed by atoms with Gasteiger partial charge < -0.3 is 9.64 Å². The van der Waals surface area contributed by atoms with Crippen molar-refractivity contribution in [2.24, 2.45) is 11.8 Å². The SMILES string of the molecule is COC(=O)CC1CCN(C(=O)[C@H]2CC(=O)N(c3n[nH]c4ccccc34)C2)CC1. The number of nitrogens with zero attached hydrogens (tertiary/aromatic N) is 3. The summed E-state index contributed by atoms with van der Waals surface area (Å²) in [6.45, 7) is 1.60. The molecule has 3 heterocycles. The second-order valence-electron chi connectivity index (χ2n) is 7.55. The van der Waals surface area contributed by atoms with Crippen LogP contribution in [0.3, 0.4) is 0 Å². The van der Waals surface area contributed by atoms with Gasteiger partial charge in [0.1, 0.15) is 0 Å². The van der Waals surface area contributed by atoms with Gasteiger partial charge in [-0.25, -0.2) is 0 Å². The van der Waals surface area contributed by atoms with E-state index in [2.05, 4.69) is 10.2 Å². The van der Waals surface area contributed by atoms with Crippen molar-refractivity contribution in [3.63, 3.8) is 0 Å². The van der Waals surface area contributed by atoms with Gasteiger partial charge in [-0.3, -0.25) is 24.4 Å². The largest absolute Gasteiger partial charge is 0.469 e. The monoisotopic (exact) mass is 384 g/mol. The highest BCUT2D eigenvalue weighted by atomic mass is 16.5. The van der Waals surface area contributed by atoms with E-state index in [1.54, 1.807) is 4.90 Å². The fraction of sp³-hybridized carbons (Fsp3) is 0.500. The molecule has 4 rings (SSSR count). The third-order valence-corrected chi connectivity index (χ3v) is 5.79. The Labute approximate surface area is 162 Å². The molecule has 0 aliphatic carbocycles. The summed E-state index contributed by atoms with van der Waals surface area (Å²) in [7, 11) is 1.40. The third kappa shape index (κ3) is 3.46. The number of amides is 2. The van der Waals surface area contributed by atoms with Crippen molar-refractivity contribution < 1.29 is 19.1 Å². The highest BCUT2D eigenvalue weighted by Crippen LogP contribution is 2.31. The van der Waals surface area contributed by atoms with E-state index in [9.17, 15) is 14.4 Å². The van der Waals surface area contributed by atoms with Crippen LogP contribution in [-0.2, 0) is 19.1 Å². The number of aromatic amines is 1. The molecule has 8 heteroatoms. The molecule has 2 saturated heterocycles. The fourth-order valence-corrected chi connectivity index (χ4v) is 4.17. The minimum atomic E-state index is -0.347. The molecule has 2 fully saturated rings. The Kier molecular flexibility index (Phi) is 5.02. The molecule has 8 nitrogen and oxygen atoms in total. The highest BCUT2D eigenvalue weighted by molar-refractivity contribution is 6.05. The lowest BCUT2D eigenvalue weighted by molar-refractivity contribution is -0.142. The number of rotatable bonds is 4. The van der Waals surface area contributed by atoms with E-state index in [0.717, 1.165) is 23.7 Å². The Balaban J connectivity index is 1.39. The van der Waals surface area contributed by atoms with Crippen LogP contribution in [0.5, 0.6) is 0 Å². The number of para-hydroxylation sites is 1. The predicted molar refractivity (Wildman–Crippen MR) is 102 cm³/mol. The maximum atomic E-state index is 12.9. The molecule has 1 aromatic heterocycles. The van der Waals surface area contributed by atoms with E-state index in [4.69, 9.17) is 4.74 Å². The van der Waals surface area contributed by atoms with E-state index < -0.39 is 0 Å². The van der Waals surface area contributed by atoms with Gasteiger partial charge in [0, 0.05) is 37.9 Å². The summed E-state index contributed by atoms with van der Waals surface area (Å²) in [6.07, 6.45) is 2.19. The lowest BCUT2D eigenvalue weighted by atomic mass is 9.92. The van der Waals surface area contributed by atoms with E-state index in [0.29, 0.717) is 31.9 Å². The molecule has 0 radical (unpaired) electrons. The van der Waals surface area contributed by atoms with Crippen LogP contribution in [0.2, 0.25) is 0 Å². The Bertz CT molecular complexity index is 900. The fourth-order valence-electron chi connectivity index (χ4n) is 4.17. The Morgan fingerprint density at radius 2 is 2.00 bits per heavy atom. The molecule has 1 aromatic carbocycles. The topological polar surface area (TPSA) is 95.6 Å². The zero-order valence-electron chi connectivity index (χ0n) is 15.9. The second kappa shape index (κ2) is 7.61. The maximum Gasteiger partial charge on any atom is 0.305 e. The van der Waals surface area contributed by atoms with Gasteiger partial charge in [0.05, 0.1) is 18.5 Å². The summed E-state index contributed by atoms with van der Waals surface area (Å²) in [6, 6.07) is 7.64. The van der Waals surface area contributed by atoms with Crippen LogP contribution in [0.25, 0.3) is 10.9 Å². The first-order valence-corrected chi connectivity index (χ1v) is 9.66. The molecule has 0 bridgehead atoms. The van der Waals surface area contributed by atoms with Crippen LogP contribution in [0.15, 0.2) is 24.3 Å². The number of fused-ring (bicyclic) bond motifs is 1. The summed E-state index contributed by atoms with van der Waals surface area (Å²) >= 11 is 0. The lowest BCUT2D eigenvalue weighted by Crippen LogP contribution is -2.42. The van der Waals surface area contributed by atoms with Gasteiger partial charge in [-0.1, -0.05) is 12.1 Å². The van der Waals surface area contributed by atoms with E-state index >= 15 is 0 Å². The van der Waals surface area contributed by atoms with Crippen LogP contribution in [-0.4, -0.2) is 59.6 Å². The minimum Gasteiger partial charge on any atom is -0.469 e. The van der Waals surface area contributed by atoms with Gasteiger partial charge in [-0.2, -0.15) is 5.10 Å². The summed E-state index contributed by atoms with van der Waals surface area (Å²) < 4.78 is 4.73. The molecule has 2 aliphatic rings. The molecule has 1 N–H and O–H groups in total. The van der Waals surface area contributed by atoms with Gasteiger partial charge in [-0.05, 0) is 30.9 Å². The normalized spacial score (nSPS) is 20.8. The number of carbonyl (C=O) groups excluding carboxylic acids is 3. The average molecular weight is 384 g/mol. The molecular formula is C20H24N4O4. The van der Waals surface area contributed by atoms with E-state index in [1.807, 2.05) is 29.2 Å². The quantitative estimate of drug-likeness (QED) is 0.810. The number of piperidine rings is 1. The van der Waals surface area contributed by atoms with Gasteiger partial charge >= 0.3 is 5.97 Å². The van der Waals surface area contributed by atoms with Crippen LogP contribution in [0.1, 0.15) is 25.7 Å². The number of ether oxygens (including phenoxy) is 1.